The fourth-order valence-corrected chi connectivity index (χ4v) is 6.22. The Balaban J connectivity index is 1.37. The summed E-state index contributed by atoms with van der Waals surface area (Å²) in [6, 6.07) is 8.72. The van der Waals surface area contributed by atoms with E-state index in [0.717, 1.165) is 36.9 Å². The number of carbonyl (C=O) groups excluding carboxylic acids is 3. The second kappa shape index (κ2) is 11.4. The molecule has 3 aliphatic heterocycles. The average Bonchev–Trinajstić information content (AvgIpc) is 3.60. The number of fused-ring (bicyclic) bond motifs is 4. The molecule has 1 amide bonds. The molecule has 3 aliphatic rings. The number of nitrogens with zero attached hydrogens (tertiary/aromatic N) is 2. The van der Waals surface area contributed by atoms with E-state index in [-0.39, 0.29) is 42.6 Å². The lowest BCUT2D eigenvalue weighted by atomic mass is 9.91. The van der Waals surface area contributed by atoms with Crippen LogP contribution in [0.15, 0.2) is 30.3 Å². The van der Waals surface area contributed by atoms with Gasteiger partial charge in [-0.25, -0.2) is 4.79 Å². The van der Waals surface area contributed by atoms with Crippen LogP contribution in [0, 0.1) is 11.3 Å². The largest absolute Gasteiger partial charge is 0.493 e. The minimum Gasteiger partial charge on any atom is -0.493 e. The van der Waals surface area contributed by atoms with Crippen LogP contribution in [-0.4, -0.2) is 67.5 Å². The van der Waals surface area contributed by atoms with Gasteiger partial charge in [0.1, 0.15) is 17.3 Å². The summed E-state index contributed by atoms with van der Waals surface area (Å²) < 4.78 is 17.6. The molecule has 1 fully saturated rings. The number of amides is 1. The molecule has 2 N–H and O–H groups in total. The van der Waals surface area contributed by atoms with E-state index < -0.39 is 5.72 Å². The highest BCUT2D eigenvalue weighted by atomic mass is 16.6. The van der Waals surface area contributed by atoms with Gasteiger partial charge in [0, 0.05) is 37.2 Å². The molecular weight excluding hydrogens is 524 g/mol. The topological polar surface area (TPSA) is 121 Å². The standard InChI is InChI=1S/C31H38N4O6/c1-5-8-9-21-12-13-35-24-14-19(10-11-26(24)41-31(21,35)30(38)40-7-3)25(36)18-34-17-20-15-27(39-6-2)23(29(37)33-4)16-22(20)28(34)32/h10-11,14-16,21,32H,5-9,12-13,17-18H2,1-4H3,(H,33,37). The molecule has 2 aromatic rings. The molecule has 5 rings (SSSR count). The molecule has 2 atom stereocenters. The number of Topliss-reactive ketones (excluding diaryl/α,β-unsaturated/α-hetero) is 1. The van der Waals surface area contributed by atoms with Gasteiger partial charge in [-0.15, -0.1) is 0 Å². The summed E-state index contributed by atoms with van der Waals surface area (Å²) in [5.41, 5.74) is 1.80. The van der Waals surface area contributed by atoms with Crippen molar-refractivity contribution in [3.05, 3.63) is 52.6 Å². The van der Waals surface area contributed by atoms with Crippen LogP contribution >= 0.6 is 0 Å². The zero-order chi connectivity index (χ0) is 29.3. The second-order valence-electron chi connectivity index (χ2n) is 10.6. The molecule has 10 heteroatoms. The van der Waals surface area contributed by atoms with Gasteiger partial charge in [-0.05, 0) is 62.6 Å². The molecule has 10 nitrogen and oxygen atoms in total. The minimum absolute atomic E-state index is 0.00196. The summed E-state index contributed by atoms with van der Waals surface area (Å²) in [5.74, 6) is 0.381. The van der Waals surface area contributed by atoms with Gasteiger partial charge in [-0.3, -0.25) is 15.0 Å². The quantitative estimate of drug-likeness (QED) is 0.310. The molecule has 41 heavy (non-hydrogen) atoms. The molecule has 3 heterocycles. The number of anilines is 1. The smallest absolute Gasteiger partial charge is 0.372 e. The summed E-state index contributed by atoms with van der Waals surface area (Å²) in [5, 5.41) is 11.4. The first kappa shape index (κ1) is 28.4. The van der Waals surface area contributed by atoms with E-state index in [9.17, 15) is 14.4 Å². The average molecular weight is 563 g/mol. The van der Waals surface area contributed by atoms with Crippen molar-refractivity contribution >= 4 is 29.2 Å². The number of carbonyl (C=O) groups is 3. The van der Waals surface area contributed by atoms with E-state index in [0.29, 0.717) is 47.9 Å². The van der Waals surface area contributed by atoms with Crippen molar-refractivity contribution in [3.63, 3.8) is 0 Å². The second-order valence-corrected chi connectivity index (χ2v) is 10.6. The van der Waals surface area contributed by atoms with Gasteiger partial charge in [0.25, 0.3) is 11.6 Å². The third kappa shape index (κ3) is 4.79. The Labute approximate surface area is 240 Å². The van der Waals surface area contributed by atoms with Crippen LogP contribution in [0.2, 0.25) is 0 Å². The fourth-order valence-electron chi connectivity index (χ4n) is 6.22. The summed E-state index contributed by atoms with van der Waals surface area (Å²) in [7, 11) is 1.55. The summed E-state index contributed by atoms with van der Waals surface area (Å²) in [4.78, 5) is 42.9. The van der Waals surface area contributed by atoms with Crippen molar-refractivity contribution in [2.24, 2.45) is 5.92 Å². The van der Waals surface area contributed by atoms with Gasteiger partial charge in [0.2, 0.25) is 0 Å². The maximum absolute atomic E-state index is 13.5. The molecular formula is C31H38N4O6. The molecule has 2 unspecified atom stereocenters. The van der Waals surface area contributed by atoms with E-state index in [1.165, 1.54) is 0 Å². The number of amidine groups is 1. The number of nitrogens with one attached hydrogen (secondary N) is 2. The zero-order valence-corrected chi connectivity index (χ0v) is 24.2. The normalized spacial score (nSPS) is 20.3. The van der Waals surface area contributed by atoms with Crippen molar-refractivity contribution in [1.82, 2.24) is 10.2 Å². The molecule has 0 spiro atoms. The number of esters is 1. The van der Waals surface area contributed by atoms with Crippen LogP contribution in [0.3, 0.4) is 0 Å². The van der Waals surface area contributed by atoms with Gasteiger partial charge in [-0.2, -0.15) is 0 Å². The molecule has 2 aromatic carbocycles. The zero-order valence-electron chi connectivity index (χ0n) is 24.2. The van der Waals surface area contributed by atoms with E-state index in [4.69, 9.17) is 19.6 Å². The number of ether oxygens (including phenoxy) is 3. The van der Waals surface area contributed by atoms with Crippen LogP contribution in [0.1, 0.15) is 78.3 Å². The monoisotopic (exact) mass is 562 g/mol. The Morgan fingerprint density at radius 2 is 1.95 bits per heavy atom. The van der Waals surface area contributed by atoms with Crippen molar-refractivity contribution in [2.75, 3.05) is 38.3 Å². The number of rotatable bonds is 11. The van der Waals surface area contributed by atoms with Gasteiger partial charge < -0.3 is 29.3 Å². The van der Waals surface area contributed by atoms with Crippen molar-refractivity contribution < 1.29 is 28.6 Å². The summed E-state index contributed by atoms with van der Waals surface area (Å²) in [6.45, 7) is 7.42. The van der Waals surface area contributed by atoms with E-state index in [1.807, 2.05) is 11.8 Å². The Morgan fingerprint density at radius 3 is 2.66 bits per heavy atom. The lowest BCUT2D eigenvalue weighted by Gasteiger charge is -2.34. The van der Waals surface area contributed by atoms with Crippen LogP contribution in [0.5, 0.6) is 11.5 Å². The molecule has 0 bridgehead atoms. The Bertz CT molecular complexity index is 1390. The Kier molecular flexibility index (Phi) is 7.93. The molecule has 0 aliphatic carbocycles. The highest BCUT2D eigenvalue weighted by molar-refractivity contribution is 6.08. The minimum atomic E-state index is -1.20. The lowest BCUT2D eigenvalue weighted by Crippen LogP contribution is -2.57. The fraction of sp³-hybridized carbons (Fsp3) is 0.484. The Hall–Kier alpha value is -4.08. The van der Waals surface area contributed by atoms with Gasteiger partial charge in [-0.1, -0.05) is 19.8 Å². The van der Waals surface area contributed by atoms with Crippen LogP contribution < -0.4 is 19.7 Å². The molecule has 0 aromatic heterocycles. The Morgan fingerprint density at radius 1 is 1.15 bits per heavy atom. The van der Waals surface area contributed by atoms with Crippen molar-refractivity contribution in [2.45, 2.75) is 58.7 Å². The number of ketones is 1. The maximum atomic E-state index is 13.5. The SMILES string of the molecule is CCCCC1CCN2c3cc(C(=O)CN4Cc5cc(OCC)c(C(=O)NC)cc5C4=N)ccc3OC12C(=O)OCC. The van der Waals surface area contributed by atoms with Crippen molar-refractivity contribution in [3.8, 4) is 11.5 Å². The predicted molar refractivity (Wildman–Crippen MR) is 154 cm³/mol. The first-order valence-electron chi connectivity index (χ1n) is 14.5. The molecule has 218 valence electrons. The van der Waals surface area contributed by atoms with Crippen LogP contribution in [-0.2, 0) is 16.1 Å². The molecule has 0 radical (unpaired) electrons. The molecule has 0 saturated carbocycles. The van der Waals surface area contributed by atoms with E-state index in [1.54, 1.807) is 49.2 Å². The number of hydrogen-bond donors (Lipinski definition) is 2. The number of unbranched alkanes of at least 4 members (excludes halogenated alkanes) is 1. The third-order valence-corrected chi connectivity index (χ3v) is 8.21. The van der Waals surface area contributed by atoms with E-state index in [2.05, 4.69) is 12.2 Å². The highest BCUT2D eigenvalue weighted by Gasteiger charge is 2.62. The predicted octanol–water partition coefficient (Wildman–Crippen LogP) is 4.14. The third-order valence-electron chi connectivity index (χ3n) is 8.21. The van der Waals surface area contributed by atoms with Gasteiger partial charge in [0.05, 0.1) is 31.0 Å². The number of benzene rings is 2. The lowest BCUT2D eigenvalue weighted by molar-refractivity contribution is -0.163. The van der Waals surface area contributed by atoms with Gasteiger partial charge in [0.15, 0.2) is 5.78 Å². The van der Waals surface area contributed by atoms with Crippen LogP contribution in [0.4, 0.5) is 5.69 Å². The van der Waals surface area contributed by atoms with E-state index >= 15 is 0 Å². The number of hydrogen-bond acceptors (Lipinski definition) is 8. The summed E-state index contributed by atoms with van der Waals surface area (Å²) >= 11 is 0. The highest BCUT2D eigenvalue weighted by Crippen LogP contribution is 2.52. The summed E-state index contributed by atoms with van der Waals surface area (Å²) in [6.07, 6.45) is 3.68. The first-order chi connectivity index (χ1) is 19.8. The van der Waals surface area contributed by atoms with Crippen LogP contribution in [0.25, 0.3) is 0 Å². The van der Waals surface area contributed by atoms with Crippen molar-refractivity contribution in [1.29, 1.82) is 5.41 Å². The maximum Gasteiger partial charge on any atom is 0.372 e. The van der Waals surface area contributed by atoms with Gasteiger partial charge >= 0.3 is 5.97 Å². The molecule has 1 saturated heterocycles. The first-order valence-corrected chi connectivity index (χ1v) is 14.5.